The molecule has 0 aromatic carbocycles. The van der Waals surface area contributed by atoms with Gasteiger partial charge in [0.2, 0.25) is 0 Å². The number of allylic oxidation sites excluding steroid dienone is 3. The van der Waals surface area contributed by atoms with Gasteiger partial charge in [0.25, 0.3) is 0 Å². The summed E-state index contributed by atoms with van der Waals surface area (Å²) in [7, 11) is 0. The van der Waals surface area contributed by atoms with E-state index in [-0.39, 0.29) is 28.8 Å². The lowest BCUT2D eigenvalue weighted by Crippen LogP contribution is -2.49. The summed E-state index contributed by atoms with van der Waals surface area (Å²) in [6.45, 7) is 4.60. The maximum absolute atomic E-state index is 12.2. The van der Waals surface area contributed by atoms with Gasteiger partial charge in [0, 0.05) is 6.42 Å². The number of nitrogens with two attached hydrogens (primary N) is 1. The average Bonchev–Trinajstić information content (AvgIpc) is 2.72. The number of rotatable bonds is 0. The Balaban J connectivity index is 1.76. The van der Waals surface area contributed by atoms with Gasteiger partial charge >= 0.3 is 0 Å². The van der Waals surface area contributed by atoms with E-state index >= 15 is 0 Å². The van der Waals surface area contributed by atoms with Crippen LogP contribution < -0.4 is 5.73 Å². The van der Waals surface area contributed by atoms with Gasteiger partial charge in [-0.15, -0.1) is 0 Å². The van der Waals surface area contributed by atoms with E-state index in [0.29, 0.717) is 18.3 Å². The summed E-state index contributed by atoms with van der Waals surface area (Å²) >= 11 is 0. The lowest BCUT2D eigenvalue weighted by molar-refractivity contribution is -0.119. The fraction of sp³-hybridized carbons (Fsp3) is 0.737. The van der Waals surface area contributed by atoms with Crippen LogP contribution in [0, 0.1) is 22.7 Å². The minimum Gasteiger partial charge on any atom is -0.393 e. The van der Waals surface area contributed by atoms with Gasteiger partial charge in [0.15, 0.2) is 5.78 Å². The highest BCUT2D eigenvalue weighted by Gasteiger charge is 2.58. The molecule has 3 fully saturated rings. The molecule has 0 unspecified atom stereocenters. The largest absolute Gasteiger partial charge is 0.393 e. The summed E-state index contributed by atoms with van der Waals surface area (Å²) in [5.74, 6) is 1.11. The number of Topliss-reactive ketones (excluding diaryl/α,β-unsaturated/α-hetero) is 1. The Morgan fingerprint density at radius 2 is 1.91 bits per heavy atom. The molecule has 4 aliphatic carbocycles. The Bertz CT molecular complexity index is 592. The molecule has 0 aromatic rings. The van der Waals surface area contributed by atoms with Crippen LogP contribution in [0.5, 0.6) is 0 Å². The highest BCUT2D eigenvalue weighted by molar-refractivity contribution is 5.88. The van der Waals surface area contributed by atoms with E-state index in [1.807, 2.05) is 0 Å². The van der Waals surface area contributed by atoms with Crippen molar-refractivity contribution < 1.29 is 9.90 Å². The summed E-state index contributed by atoms with van der Waals surface area (Å²) in [6.07, 6.45) is 9.93. The van der Waals surface area contributed by atoms with Gasteiger partial charge in [0.1, 0.15) is 0 Å². The number of ketones is 1. The highest BCUT2D eigenvalue weighted by atomic mass is 16.3. The van der Waals surface area contributed by atoms with Crippen LogP contribution in [-0.4, -0.2) is 23.0 Å². The van der Waals surface area contributed by atoms with Crippen molar-refractivity contribution in [1.82, 2.24) is 0 Å². The maximum atomic E-state index is 12.2. The van der Waals surface area contributed by atoms with Crippen molar-refractivity contribution in [2.75, 3.05) is 0 Å². The molecule has 0 radical (unpaired) electrons. The third-order valence-electron chi connectivity index (χ3n) is 7.47. The monoisotopic (exact) mass is 301 g/mol. The van der Waals surface area contributed by atoms with Crippen LogP contribution in [0.25, 0.3) is 0 Å². The smallest absolute Gasteiger partial charge is 0.150 e. The first-order valence-corrected chi connectivity index (χ1v) is 8.74. The van der Waals surface area contributed by atoms with E-state index in [0.717, 1.165) is 32.1 Å². The molecule has 0 bridgehead atoms. The van der Waals surface area contributed by atoms with Crippen molar-refractivity contribution in [2.45, 2.75) is 64.5 Å². The summed E-state index contributed by atoms with van der Waals surface area (Å²) in [4.78, 5) is 12.2. The summed E-state index contributed by atoms with van der Waals surface area (Å²) in [6, 6.07) is -0.286. The average molecular weight is 301 g/mol. The fourth-order valence-corrected chi connectivity index (χ4v) is 5.83. The van der Waals surface area contributed by atoms with Crippen molar-refractivity contribution >= 4 is 5.78 Å². The zero-order chi connectivity index (χ0) is 15.7. The lowest BCUT2D eigenvalue weighted by atomic mass is 9.51. The minimum absolute atomic E-state index is 0.0463. The van der Waals surface area contributed by atoms with Crippen molar-refractivity contribution in [1.29, 1.82) is 0 Å². The van der Waals surface area contributed by atoms with Crippen LogP contribution in [0.1, 0.15) is 52.4 Å². The number of aliphatic hydroxyl groups excluding tert-OH is 1. The highest BCUT2D eigenvalue weighted by Crippen LogP contribution is 2.62. The summed E-state index contributed by atoms with van der Waals surface area (Å²) in [5.41, 5.74) is 9.27. The lowest BCUT2D eigenvalue weighted by Gasteiger charge is -2.54. The molecular formula is C19H27NO2. The predicted octanol–water partition coefficient (Wildman–Crippen LogP) is 2.74. The van der Waals surface area contributed by atoms with Gasteiger partial charge in [-0.25, -0.2) is 0 Å². The molecule has 0 saturated heterocycles. The molecule has 6 atom stereocenters. The number of carbonyl (C=O) groups excluding carboxylic acids is 1. The van der Waals surface area contributed by atoms with Crippen molar-refractivity contribution in [3.05, 3.63) is 23.3 Å². The Morgan fingerprint density at radius 3 is 2.68 bits per heavy atom. The number of carbonyl (C=O) groups is 1. The van der Waals surface area contributed by atoms with E-state index in [1.54, 1.807) is 0 Å². The van der Waals surface area contributed by atoms with Crippen LogP contribution in [0.15, 0.2) is 23.3 Å². The Hall–Kier alpha value is -0.930. The molecule has 0 aromatic heterocycles. The Labute approximate surface area is 132 Å². The Morgan fingerprint density at radius 1 is 1.14 bits per heavy atom. The second-order valence-electron chi connectivity index (χ2n) is 8.47. The molecule has 3 heteroatoms. The molecule has 3 N–H and O–H groups in total. The molecule has 22 heavy (non-hydrogen) atoms. The predicted molar refractivity (Wildman–Crippen MR) is 86.1 cm³/mol. The quantitative estimate of drug-likeness (QED) is 0.723. The third kappa shape index (κ3) is 1.73. The zero-order valence-corrected chi connectivity index (χ0v) is 13.6. The molecule has 4 rings (SSSR count). The molecule has 0 spiro atoms. The van der Waals surface area contributed by atoms with Crippen molar-refractivity contribution in [3.63, 3.8) is 0 Å². The van der Waals surface area contributed by atoms with Gasteiger partial charge in [-0.1, -0.05) is 37.1 Å². The molecule has 0 aliphatic heterocycles. The molecular weight excluding hydrogens is 274 g/mol. The molecule has 4 aliphatic rings. The second-order valence-corrected chi connectivity index (χ2v) is 8.47. The third-order valence-corrected chi connectivity index (χ3v) is 7.47. The van der Waals surface area contributed by atoms with E-state index in [1.165, 1.54) is 11.1 Å². The fourth-order valence-electron chi connectivity index (χ4n) is 5.83. The van der Waals surface area contributed by atoms with Crippen LogP contribution >= 0.6 is 0 Å². The van der Waals surface area contributed by atoms with Gasteiger partial charge < -0.3 is 10.8 Å². The van der Waals surface area contributed by atoms with Crippen LogP contribution in [-0.2, 0) is 4.79 Å². The molecule has 120 valence electrons. The minimum atomic E-state index is -0.286. The standard InChI is InChI=1S/C19H27NO2/c1-18-7-5-12(21)9-11(18)3-4-13-14(18)6-8-19(2)15(13)10-16(22)17(19)20/h3-4,12,14-15,17,21H,5-10,20H2,1-2H3/t12-,14+,15+,17+,18+,19+/m1/s1. The first-order chi connectivity index (χ1) is 10.4. The maximum Gasteiger partial charge on any atom is 0.150 e. The van der Waals surface area contributed by atoms with Crippen molar-refractivity contribution in [3.8, 4) is 0 Å². The number of fused-ring (bicyclic) bond motifs is 5. The summed E-state index contributed by atoms with van der Waals surface area (Å²) < 4.78 is 0. The van der Waals surface area contributed by atoms with Crippen LogP contribution in [0.3, 0.4) is 0 Å². The van der Waals surface area contributed by atoms with Crippen LogP contribution in [0.2, 0.25) is 0 Å². The van der Waals surface area contributed by atoms with Crippen LogP contribution in [0.4, 0.5) is 0 Å². The second kappa shape index (κ2) is 4.55. The first kappa shape index (κ1) is 14.6. The van der Waals surface area contributed by atoms with Gasteiger partial charge in [-0.05, 0) is 54.8 Å². The normalized spacial score (nSPS) is 50.6. The van der Waals surface area contributed by atoms with Gasteiger partial charge in [0.05, 0.1) is 12.1 Å². The topological polar surface area (TPSA) is 63.3 Å². The van der Waals surface area contributed by atoms with E-state index in [2.05, 4.69) is 26.0 Å². The van der Waals surface area contributed by atoms with Gasteiger partial charge in [-0.2, -0.15) is 0 Å². The molecule has 0 amide bonds. The van der Waals surface area contributed by atoms with Crippen molar-refractivity contribution in [2.24, 2.45) is 28.4 Å². The Kier molecular flexibility index (Phi) is 3.03. The number of hydrogen-bond acceptors (Lipinski definition) is 3. The number of aliphatic hydroxyl groups is 1. The zero-order valence-electron chi connectivity index (χ0n) is 13.6. The number of hydrogen-bond donors (Lipinski definition) is 2. The summed E-state index contributed by atoms with van der Waals surface area (Å²) in [5, 5.41) is 10.00. The molecule has 3 saturated carbocycles. The first-order valence-electron chi connectivity index (χ1n) is 8.74. The van der Waals surface area contributed by atoms with E-state index < -0.39 is 0 Å². The van der Waals surface area contributed by atoms with E-state index in [9.17, 15) is 9.90 Å². The molecule has 0 heterocycles. The van der Waals surface area contributed by atoms with E-state index in [4.69, 9.17) is 5.73 Å². The van der Waals surface area contributed by atoms with Gasteiger partial charge in [-0.3, -0.25) is 4.79 Å². The SMILES string of the molecule is C[C@]12CC[C@H]3C(=CC=C4C[C@H](O)CC[C@@]43C)[C@@H]1CC(=O)[C@@H]2N. The molecule has 3 nitrogen and oxygen atoms in total.